The molecule has 2 aromatic carbocycles. The van der Waals surface area contributed by atoms with Gasteiger partial charge in [0.1, 0.15) is 5.82 Å². The third-order valence-electron chi connectivity index (χ3n) is 5.55. The van der Waals surface area contributed by atoms with Gasteiger partial charge in [-0.15, -0.1) is 0 Å². The topological polar surface area (TPSA) is 47.1 Å². The second-order valence-corrected chi connectivity index (χ2v) is 10.1. The zero-order valence-electron chi connectivity index (χ0n) is 17.3. The lowest BCUT2D eigenvalue weighted by Crippen LogP contribution is -2.24. The Hall–Kier alpha value is -2.14. The van der Waals surface area contributed by atoms with Crippen LogP contribution < -0.4 is 10.0 Å². The number of nitrogens with two attached hydrogens (primary N) is 1. The largest absolute Gasteiger partial charge is 0.399 e. The molecule has 1 aromatic heterocycles. The van der Waals surface area contributed by atoms with E-state index in [-0.39, 0.29) is 5.41 Å². The van der Waals surface area contributed by atoms with Crippen molar-refractivity contribution in [3.05, 3.63) is 48.3 Å². The lowest BCUT2D eigenvalue weighted by Gasteiger charge is -2.29. The molecule has 1 saturated carbocycles. The number of hydrogen-bond acceptors (Lipinski definition) is 4. The van der Waals surface area contributed by atoms with Crippen molar-refractivity contribution in [3.63, 3.8) is 0 Å². The number of hydrogen-bond donors (Lipinski definition) is 1. The van der Waals surface area contributed by atoms with Gasteiger partial charge in [-0.1, -0.05) is 27.2 Å². The molecular weight excluding hydrogens is 364 g/mol. The van der Waals surface area contributed by atoms with Crippen LogP contribution in [0.15, 0.2) is 47.4 Å². The van der Waals surface area contributed by atoms with E-state index in [1.165, 1.54) is 35.5 Å². The van der Waals surface area contributed by atoms with Crippen LogP contribution in [0.5, 0.6) is 0 Å². The van der Waals surface area contributed by atoms with Crippen LogP contribution in [0.1, 0.15) is 45.9 Å². The molecule has 0 atom stereocenters. The summed E-state index contributed by atoms with van der Waals surface area (Å²) in [7, 11) is 2.10. The first-order chi connectivity index (χ1) is 13.3. The van der Waals surface area contributed by atoms with E-state index >= 15 is 0 Å². The first-order valence-corrected chi connectivity index (χ1v) is 10.9. The van der Waals surface area contributed by atoms with E-state index in [0.717, 1.165) is 29.4 Å². The van der Waals surface area contributed by atoms with Crippen LogP contribution in [0.3, 0.4) is 0 Å². The van der Waals surface area contributed by atoms with Crippen LogP contribution in [-0.2, 0) is 12.0 Å². The van der Waals surface area contributed by atoms with Gasteiger partial charge in [0.05, 0.1) is 11.0 Å². The van der Waals surface area contributed by atoms with Gasteiger partial charge in [-0.25, -0.2) is 4.98 Å². The third kappa shape index (κ3) is 3.86. The highest BCUT2D eigenvalue weighted by atomic mass is 32.2. The van der Waals surface area contributed by atoms with Gasteiger partial charge in [0.25, 0.3) is 0 Å². The number of aromatic nitrogens is 2. The highest BCUT2D eigenvalue weighted by Gasteiger charge is 2.26. The molecule has 4 nitrogen and oxygen atoms in total. The van der Waals surface area contributed by atoms with Gasteiger partial charge in [0, 0.05) is 35.3 Å². The molecule has 0 spiro atoms. The summed E-state index contributed by atoms with van der Waals surface area (Å²) in [6, 6.07) is 14.7. The van der Waals surface area contributed by atoms with Crippen LogP contribution in [0.4, 0.5) is 11.4 Å². The van der Waals surface area contributed by atoms with Gasteiger partial charge in [0.2, 0.25) is 0 Å². The number of rotatable bonds is 5. The highest BCUT2D eigenvalue weighted by Crippen LogP contribution is 2.35. The Bertz CT molecular complexity index is 965. The molecule has 3 aromatic rings. The molecule has 0 saturated heterocycles. The minimum atomic E-state index is 0.0353. The lowest BCUT2D eigenvalue weighted by molar-refractivity contribution is 0.272. The summed E-state index contributed by atoms with van der Waals surface area (Å²) in [5, 5.41) is 0. The van der Waals surface area contributed by atoms with E-state index < -0.39 is 0 Å². The Morgan fingerprint density at radius 1 is 1.14 bits per heavy atom. The predicted molar refractivity (Wildman–Crippen MR) is 121 cm³/mol. The van der Waals surface area contributed by atoms with Crippen molar-refractivity contribution in [2.45, 2.75) is 56.9 Å². The molecule has 4 rings (SSSR count). The minimum Gasteiger partial charge on any atom is -0.399 e. The normalized spacial score (nSPS) is 15.0. The molecule has 2 N–H and O–H groups in total. The van der Waals surface area contributed by atoms with Gasteiger partial charge in [-0.2, -0.15) is 0 Å². The molecule has 5 heteroatoms. The number of anilines is 2. The number of fused-ring (bicyclic) bond motifs is 1. The van der Waals surface area contributed by atoms with Crippen LogP contribution in [0, 0.1) is 5.92 Å². The molecule has 28 heavy (non-hydrogen) atoms. The maximum absolute atomic E-state index is 5.80. The minimum absolute atomic E-state index is 0.0353. The van der Waals surface area contributed by atoms with E-state index in [2.05, 4.69) is 67.0 Å². The van der Waals surface area contributed by atoms with Crippen molar-refractivity contribution in [3.8, 4) is 0 Å². The first-order valence-electron chi connectivity index (χ1n) is 10.1. The van der Waals surface area contributed by atoms with Crippen LogP contribution in [0.25, 0.3) is 11.0 Å². The van der Waals surface area contributed by atoms with Gasteiger partial charge < -0.3 is 14.6 Å². The standard InChI is InChI=1S/C23H30N4S/c1-23(2,3)22-25-20-14-18(26(4)28-19-11-8-17(24)9-12-19)10-13-21(20)27(22)15-16-6-5-7-16/h8-14,16H,5-7,15,24H2,1-4H3. The van der Waals surface area contributed by atoms with Gasteiger partial charge >= 0.3 is 0 Å². The van der Waals surface area contributed by atoms with Gasteiger partial charge in [0.15, 0.2) is 0 Å². The molecule has 1 heterocycles. The molecule has 1 aliphatic rings. The van der Waals surface area contributed by atoms with E-state index in [1.807, 2.05) is 12.1 Å². The number of benzene rings is 2. The summed E-state index contributed by atoms with van der Waals surface area (Å²) in [6.07, 6.45) is 4.07. The van der Waals surface area contributed by atoms with Crippen molar-refractivity contribution in [2.24, 2.45) is 5.92 Å². The molecule has 0 radical (unpaired) electrons. The second kappa shape index (κ2) is 7.36. The summed E-state index contributed by atoms with van der Waals surface area (Å²) in [6.45, 7) is 7.87. The van der Waals surface area contributed by atoms with Crippen LogP contribution in [-0.4, -0.2) is 16.6 Å². The Balaban J connectivity index is 1.65. The fourth-order valence-electron chi connectivity index (χ4n) is 3.74. The van der Waals surface area contributed by atoms with Crippen LogP contribution >= 0.6 is 11.9 Å². The molecular formula is C23H30N4S. The van der Waals surface area contributed by atoms with E-state index in [1.54, 1.807) is 11.9 Å². The molecule has 0 unspecified atom stereocenters. The fourth-order valence-corrected chi connectivity index (χ4v) is 4.54. The maximum Gasteiger partial charge on any atom is 0.115 e. The summed E-state index contributed by atoms with van der Waals surface area (Å²) in [4.78, 5) is 6.24. The summed E-state index contributed by atoms with van der Waals surface area (Å²) in [5.74, 6) is 2.00. The SMILES string of the molecule is CN(Sc1ccc(N)cc1)c1ccc2c(c1)nc(C(C)(C)C)n2CC1CCC1. The van der Waals surface area contributed by atoms with E-state index in [0.29, 0.717) is 0 Å². The molecule has 0 bridgehead atoms. The smallest absolute Gasteiger partial charge is 0.115 e. The molecule has 0 aliphatic heterocycles. The van der Waals surface area contributed by atoms with E-state index in [9.17, 15) is 0 Å². The average molecular weight is 395 g/mol. The average Bonchev–Trinajstić information content (AvgIpc) is 2.98. The van der Waals surface area contributed by atoms with Gasteiger partial charge in [-0.3, -0.25) is 0 Å². The summed E-state index contributed by atoms with van der Waals surface area (Å²) < 4.78 is 4.66. The quantitative estimate of drug-likeness (QED) is 0.435. The number of imidazole rings is 1. The molecule has 148 valence electrons. The van der Waals surface area contributed by atoms with Crippen molar-refractivity contribution in [1.82, 2.24) is 9.55 Å². The van der Waals surface area contributed by atoms with Crippen molar-refractivity contribution < 1.29 is 0 Å². The van der Waals surface area contributed by atoms with Crippen molar-refractivity contribution in [1.29, 1.82) is 0 Å². The molecule has 0 amide bonds. The third-order valence-corrected chi connectivity index (χ3v) is 6.52. The summed E-state index contributed by atoms with van der Waals surface area (Å²) >= 11 is 1.70. The highest BCUT2D eigenvalue weighted by molar-refractivity contribution is 8.00. The van der Waals surface area contributed by atoms with Crippen molar-refractivity contribution in [2.75, 3.05) is 17.1 Å². The van der Waals surface area contributed by atoms with Gasteiger partial charge in [-0.05, 0) is 73.2 Å². The Kier molecular flexibility index (Phi) is 5.04. The molecule has 1 fully saturated rings. The zero-order valence-corrected chi connectivity index (χ0v) is 18.1. The Morgan fingerprint density at radius 3 is 2.46 bits per heavy atom. The predicted octanol–water partition coefficient (Wildman–Crippen LogP) is 5.86. The molecule has 1 aliphatic carbocycles. The number of nitrogen functional groups attached to an aromatic ring is 1. The lowest BCUT2D eigenvalue weighted by atomic mass is 9.85. The van der Waals surface area contributed by atoms with Crippen molar-refractivity contribution >= 4 is 34.4 Å². The second-order valence-electron chi connectivity index (χ2n) is 8.92. The Labute approximate surface area is 172 Å². The number of nitrogens with zero attached hydrogens (tertiary/aromatic N) is 3. The monoisotopic (exact) mass is 394 g/mol. The zero-order chi connectivity index (χ0) is 19.9. The first kappa shape index (κ1) is 19.2. The van der Waals surface area contributed by atoms with E-state index in [4.69, 9.17) is 10.7 Å². The Morgan fingerprint density at radius 2 is 1.86 bits per heavy atom. The maximum atomic E-state index is 5.80. The summed E-state index contributed by atoms with van der Waals surface area (Å²) in [5.41, 5.74) is 10.1. The van der Waals surface area contributed by atoms with Crippen LogP contribution in [0.2, 0.25) is 0 Å². The fraction of sp³-hybridized carbons (Fsp3) is 0.435.